The Morgan fingerprint density at radius 1 is 1.28 bits per heavy atom. The summed E-state index contributed by atoms with van der Waals surface area (Å²) in [5, 5.41) is 3.03. The fourth-order valence-electron chi connectivity index (χ4n) is 4.16. The van der Waals surface area contributed by atoms with Crippen molar-refractivity contribution in [1.82, 2.24) is 10.2 Å². The number of amides is 2. The number of carbonyl (C=O) groups is 2. The standard InChI is InChI=1S/C20H22N2O3/c1-14-7-9-17(25-14)12-21-19(24)20(15-5-3-2-4-6-15)11-16-8-10-18(23)22(16)13-20/h2-7,9,16H,8,10-13H2,1H3,(H,21,24)/t16-,20-/m0/s1. The first kappa shape index (κ1) is 15.9. The molecule has 2 saturated heterocycles. The van der Waals surface area contributed by atoms with Gasteiger partial charge in [0.25, 0.3) is 0 Å². The molecule has 5 nitrogen and oxygen atoms in total. The smallest absolute Gasteiger partial charge is 0.232 e. The topological polar surface area (TPSA) is 62.6 Å². The second-order valence-electron chi connectivity index (χ2n) is 7.06. The fraction of sp³-hybridized carbons (Fsp3) is 0.400. The molecule has 0 unspecified atom stereocenters. The Labute approximate surface area is 147 Å². The average molecular weight is 338 g/mol. The molecule has 0 bridgehead atoms. The van der Waals surface area contributed by atoms with Crippen molar-refractivity contribution >= 4 is 11.8 Å². The van der Waals surface area contributed by atoms with E-state index in [4.69, 9.17) is 4.42 Å². The molecule has 1 N–H and O–H groups in total. The van der Waals surface area contributed by atoms with Gasteiger partial charge in [-0.15, -0.1) is 0 Å². The number of nitrogens with zero attached hydrogens (tertiary/aromatic N) is 1. The molecule has 2 aliphatic rings. The lowest BCUT2D eigenvalue weighted by Gasteiger charge is -2.28. The maximum absolute atomic E-state index is 13.2. The molecule has 25 heavy (non-hydrogen) atoms. The van der Waals surface area contributed by atoms with Gasteiger partial charge in [0.15, 0.2) is 0 Å². The summed E-state index contributed by atoms with van der Waals surface area (Å²) in [6.45, 7) is 2.71. The third-order valence-electron chi connectivity index (χ3n) is 5.46. The summed E-state index contributed by atoms with van der Waals surface area (Å²) >= 11 is 0. The molecule has 0 radical (unpaired) electrons. The molecule has 2 atom stereocenters. The van der Waals surface area contributed by atoms with E-state index in [1.165, 1.54) is 0 Å². The van der Waals surface area contributed by atoms with E-state index in [2.05, 4.69) is 5.32 Å². The summed E-state index contributed by atoms with van der Waals surface area (Å²) in [6.07, 6.45) is 2.13. The molecule has 2 amide bonds. The highest BCUT2D eigenvalue weighted by atomic mass is 16.3. The van der Waals surface area contributed by atoms with Crippen molar-refractivity contribution in [2.45, 2.75) is 44.2 Å². The summed E-state index contributed by atoms with van der Waals surface area (Å²) < 4.78 is 5.55. The van der Waals surface area contributed by atoms with Gasteiger partial charge in [-0.3, -0.25) is 9.59 Å². The summed E-state index contributed by atoms with van der Waals surface area (Å²) in [6, 6.07) is 13.8. The van der Waals surface area contributed by atoms with Crippen molar-refractivity contribution < 1.29 is 14.0 Å². The molecule has 4 rings (SSSR count). The predicted molar refractivity (Wildman–Crippen MR) is 92.8 cm³/mol. The van der Waals surface area contributed by atoms with Gasteiger partial charge < -0.3 is 14.6 Å². The van der Waals surface area contributed by atoms with Crippen molar-refractivity contribution in [2.24, 2.45) is 0 Å². The molecule has 2 fully saturated rings. The molecule has 5 heteroatoms. The zero-order chi connectivity index (χ0) is 17.4. The molecule has 1 aromatic carbocycles. The number of rotatable bonds is 4. The minimum Gasteiger partial charge on any atom is -0.465 e. The SMILES string of the molecule is Cc1ccc(CNC(=O)[C@@]2(c3ccccc3)C[C@@H]3CCC(=O)N3C2)o1. The van der Waals surface area contributed by atoms with Gasteiger partial charge in [0.05, 0.1) is 12.0 Å². The van der Waals surface area contributed by atoms with Crippen LogP contribution in [-0.2, 0) is 21.5 Å². The summed E-state index contributed by atoms with van der Waals surface area (Å²) in [5.74, 6) is 1.70. The maximum Gasteiger partial charge on any atom is 0.232 e. The van der Waals surface area contributed by atoms with Crippen molar-refractivity contribution in [3.63, 3.8) is 0 Å². The molecule has 2 aliphatic heterocycles. The van der Waals surface area contributed by atoms with E-state index in [1.54, 1.807) is 0 Å². The third kappa shape index (κ3) is 2.73. The van der Waals surface area contributed by atoms with Crippen molar-refractivity contribution in [3.8, 4) is 0 Å². The van der Waals surface area contributed by atoms with Crippen LogP contribution in [0.15, 0.2) is 46.9 Å². The van der Waals surface area contributed by atoms with Crippen LogP contribution in [0.2, 0.25) is 0 Å². The van der Waals surface area contributed by atoms with Gasteiger partial charge in [-0.2, -0.15) is 0 Å². The Kier molecular flexibility index (Phi) is 3.86. The monoisotopic (exact) mass is 338 g/mol. The van der Waals surface area contributed by atoms with E-state index >= 15 is 0 Å². The minimum atomic E-state index is -0.677. The van der Waals surface area contributed by atoms with Crippen LogP contribution in [0.3, 0.4) is 0 Å². The van der Waals surface area contributed by atoms with Crippen molar-refractivity contribution in [3.05, 3.63) is 59.5 Å². The van der Waals surface area contributed by atoms with Gasteiger partial charge in [-0.25, -0.2) is 0 Å². The van der Waals surface area contributed by atoms with E-state index < -0.39 is 5.41 Å². The van der Waals surface area contributed by atoms with Gasteiger partial charge in [0.1, 0.15) is 11.5 Å². The van der Waals surface area contributed by atoms with Gasteiger partial charge in [0.2, 0.25) is 11.8 Å². The van der Waals surface area contributed by atoms with Crippen LogP contribution in [0.5, 0.6) is 0 Å². The second kappa shape index (κ2) is 6.06. The molecule has 1 aromatic heterocycles. The second-order valence-corrected chi connectivity index (χ2v) is 7.06. The van der Waals surface area contributed by atoms with E-state index in [0.717, 1.165) is 23.5 Å². The van der Waals surface area contributed by atoms with Crippen LogP contribution in [-0.4, -0.2) is 29.3 Å². The van der Waals surface area contributed by atoms with E-state index in [1.807, 2.05) is 54.3 Å². The third-order valence-corrected chi connectivity index (χ3v) is 5.46. The van der Waals surface area contributed by atoms with Gasteiger partial charge >= 0.3 is 0 Å². The molecule has 0 spiro atoms. The number of fused-ring (bicyclic) bond motifs is 1. The number of hydrogen-bond donors (Lipinski definition) is 1. The van der Waals surface area contributed by atoms with Crippen LogP contribution >= 0.6 is 0 Å². The van der Waals surface area contributed by atoms with E-state index in [-0.39, 0.29) is 17.9 Å². The van der Waals surface area contributed by atoms with Crippen LogP contribution in [0.25, 0.3) is 0 Å². The lowest BCUT2D eigenvalue weighted by molar-refractivity contribution is -0.129. The maximum atomic E-state index is 13.2. The Morgan fingerprint density at radius 3 is 2.76 bits per heavy atom. The predicted octanol–water partition coefficient (Wildman–Crippen LogP) is 2.54. The summed E-state index contributed by atoms with van der Waals surface area (Å²) in [5.41, 5.74) is 0.300. The van der Waals surface area contributed by atoms with E-state index in [9.17, 15) is 9.59 Å². The van der Waals surface area contributed by atoms with Crippen LogP contribution < -0.4 is 5.32 Å². The van der Waals surface area contributed by atoms with Crippen LogP contribution in [0, 0.1) is 6.92 Å². The zero-order valence-electron chi connectivity index (χ0n) is 14.3. The Balaban J connectivity index is 1.60. The largest absolute Gasteiger partial charge is 0.465 e. The highest BCUT2D eigenvalue weighted by Crippen LogP contribution is 2.43. The lowest BCUT2D eigenvalue weighted by atomic mass is 9.77. The molecule has 3 heterocycles. The van der Waals surface area contributed by atoms with E-state index in [0.29, 0.717) is 25.9 Å². The molecular weight excluding hydrogens is 316 g/mol. The fourth-order valence-corrected chi connectivity index (χ4v) is 4.16. The van der Waals surface area contributed by atoms with Gasteiger partial charge in [0, 0.05) is 19.0 Å². The number of furan rings is 1. The molecule has 130 valence electrons. The Bertz CT molecular complexity index is 798. The van der Waals surface area contributed by atoms with Crippen LogP contribution in [0.1, 0.15) is 36.3 Å². The number of benzene rings is 1. The molecule has 2 aromatic rings. The number of hydrogen-bond acceptors (Lipinski definition) is 3. The first-order valence-electron chi connectivity index (χ1n) is 8.77. The molecule has 0 saturated carbocycles. The normalized spacial score (nSPS) is 25.2. The first-order chi connectivity index (χ1) is 12.1. The minimum absolute atomic E-state index is 0.0325. The molecule has 0 aliphatic carbocycles. The average Bonchev–Trinajstić information content (AvgIpc) is 3.30. The number of nitrogens with one attached hydrogen (secondary N) is 1. The Morgan fingerprint density at radius 2 is 2.08 bits per heavy atom. The van der Waals surface area contributed by atoms with Gasteiger partial charge in [-0.05, 0) is 37.5 Å². The first-order valence-corrected chi connectivity index (χ1v) is 8.77. The number of carbonyl (C=O) groups excluding carboxylic acids is 2. The zero-order valence-corrected chi connectivity index (χ0v) is 14.3. The summed E-state index contributed by atoms with van der Waals surface area (Å²) in [4.78, 5) is 27.2. The quantitative estimate of drug-likeness (QED) is 0.932. The highest BCUT2D eigenvalue weighted by Gasteiger charge is 2.53. The molecular formula is C20H22N2O3. The van der Waals surface area contributed by atoms with Crippen molar-refractivity contribution in [2.75, 3.05) is 6.54 Å². The highest BCUT2D eigenvalue weighted by molar-refractivity contribution is 5.91. The van der Waals surface area contributed by atoms with Crippen LogP contribution in [0.4, 0.5) is 0 Å². The van der Waals surface area contributed by atoms with Gasteiger partial charge in [-0.1, -0.05) is 30.3 Å². The Hall–Kier alpha value is -2.56. The summed E-state index contributed by atoms with van der Waals surface area (Å²) in [7, 11) is 0. The number of aryl methyl sites for hydroxylation is 1. The lowest BCUT2D eigenvalue weighted by Crippen LogP contribution is -2.46. The van der Waals surface area contributed by atoms with Crippen molar-refractivity contribution in [1.29, 1.82) is 0 Å².